The third kappa shape index (κ3) is 3.44. The molecule has 1 atom stereocenters. The van der Waals surface area contributed by atoms with Crippen LogP contribution in [0.25, 0.3) is 0 Å². The zero-order valence-corrected chi connectivity index (χ0v) is 12.8. The molecule has 0 saturated carbocycles. The van der Waals surface area contributed by atoms with Crippen LogP contribution in [0, 0.1) is 0 Å². The number of rotatable bonds is 5. The van der Waals surface area contributed by atoms with Gasteiger partial charge in [0.05, 0.1) is 16.1 Å². The fourth-order valence-corrected chi connectivity index (χ4v) is 2.70. The lowest BCUT2D eigenvalue weighted by atomic mass is 10.3. The standard InChI is InChI=1S/C13H19Cl2N3O/c1-3-5-16-12-10(14)7-11(15)13(17-12)18-6-4-9(8-18)19-2/h7,9H,3-6,8H2,1-2H3,(H,16,17). The molecule has 6 heteroatoms. The minimum absolute atomic E-state index is 0.251. The summed E-state index contributed by atoms with van der Waals surface area (Å²) in [4.78, 5) is 6.70. The highest BCUT2D eigenvalue weighted by Crippen LogP contribution is 2.33. The molecule has 1 aromatic rings. The topological polar surface area (TPSA) is 37.4 Å². The van der Waals surface area contributed by atoms with Crippen molar-refractivity contribution in [2.24, 2.45) is 0 Å². The number of halogens is 2. The second kappa shape index (κ2) is 6.64. The van der Waals surface area contributed by atoms with E-state index in [9.17, 15) is 0 Å². The fraction of sp³-hybridized carbons (Fsp3) is 0.615. The Hall–Kier alpha value is -0.710. The van der Waals surface area contributed by atoms with Crippen molar-refractivity contribution in [2.75, 3.05) is 37.0 Å². The molecule has 2 rings (SSSR count). The maximum Gasteiger partial charge on any atom is 0.150 e. The first-order chi connectivity index (χ1) is 9.15. The molecule has 106 valence electrons. The van der Waals surface area contributed by atoms with Crippen molar-refractivity contribution in [1.29, 1.82) is 0 Å². The van der Waals surface area contributed by atoms with Gasteiger partial charge in [0, 0.05) is 26.7 Å². The Balaban J connectivity index is 2.20. The van der Waals surface area contributed by atoms with Crippen molar-refractivity contribution >= 4 is 34.8 Å². The Morgan fingerprint density at radius 2 is 2.26 bits per heavy atom. The summed E-state index contributed by atoms with van der Waals surface area (Å²) in [6.07, 6.45) is 2.26. The van der Waals surface area contributed by atoms with Crippen molar-refractivity contribution < 1.29 is 4.74 Å². The van der Waals surface area contributed by atoms with Crippen molar-refractivity contribution in [3.8, 4) is 0 Å². The number of ether oxygens (including phenoxy) is 1. The van der Waals surface area contributed by atoms with Crippen molar-refractivity contribution in [3.05, 3.63) is 16.1 Å². The van der Waals surface area contributed by atoms with E-state index in [1.807, 2.05) is 0 Å². The van der Waals surface area contributed by atoms with E-state index in [1.54, 1.807) is 13.2 Å². The minimum atomic E-state index is 0.251. The number of hydrogen-bond acceptors (Lipinski definition) is 4. The quantitative estimate of drug-likeness (QED) is 0.904. The van der Waals surface area contributed by atoms with Crippen LogP contribution in [0.1, 0.15) is 19.8 Å². The molecule has 1 fully saturated rings. The number of nitrogens with zero attached hydrogens (tertiary/aromatic N) is 2. The van der Waals surface area contributed by atoms with Crippen LogP contribution in [0.15, 0.2) is 6.07 Å². The summed E-state index contributed by atoms with van der Waals surface area (Å²) in [6, 6.07) is 1.75. The van der Waals surface area contributed by atoms with Crippen LogP contribution in [0.4, 0.5) is 11.6 Å². The van der Waals surface area contributed by atoms with Crippen LogP contribution < -0.4 is 10.2 Å². The van der Waals surface area contributed by atoms with Crippen LogP contribution in [0.3, 0.4) is 0 Å². The highest BCUT2D eigenvalue weighted by molar-refractivity contribution is 6.37. The molecular weight excluding hydrogens is 285 g/mol. The number of aromatic nitrogens is 1. The number of anilines is 2. The molecule has 1 aliphatic heterocycles. The van der Waals surface area contributed by atoms with Gasteiger partial charge in [-0.15, -0.1) is 0 Å². The van der Waals surface area contributed by atoms with Gasteiger partial charge in [0.2, 0.25) is 0 Å². The van der Waals surface area contributed by atoms with Gasteiger partial charge in [-0.25, -0.2) is 4.98 Å². The number of methoxy groups -OCH3 is 1. The van der Waals surface area contributed by atoms with Crippen LogP contribution in [0.5, 0.6) is 0 Å². The van der Waals surface area contributed by atoms with E-state index in [4.69, 9.17) is 27.9 Å². The molecule has 1 N–H and O–H groups in total. The summed E-state index contributed by atoms with van der Waals surface area (Å²) in [7, 11) is 1.74. The average Bonchev–Trinajstić information content (AvgIpc) is 2.86. The Morgan fingerprint density at radius 1 is 1.47 bits per heavy atom. The van der Waals surface area contributed by atoms with Gasteiger partial charge in [-0.05, 0) is 18.9 Å². The van der Waals surface area contributed by atoms with Crippen LogP contribution in [-0.4, -0.2) is 37.8 Å². The molecule has 2 heterocycles. The zero-order valence-electron chi connectivity index (χ0n) is 11.2. The molecule has 1 aromatic heterocycles. The second-order valence-corrected chi connectivity index (χ2v) is 5.46. The minimum Gasteiger partial charge on any atom is -0.380 e. The summed E-state index contributed by atoms with van der Waals surface area (Å²) in [5, 5.41) is 4.37. The third-order valence-corrected chi connectivity index (χ3v) is 3.80. The Labute approximate surface area is 124 Å². The molecule has 0 radical (unpaired) electrons. The van der Waals surface area contributed by atoms with E-state index in [0.717, 1.165) is 38.3 Å². The highest BCUT2D eigenvalue weighted by atomic mass is 35.5. The van der Waals surface area contributed by atoms with Crippen molar-refractivity contribution in [1.82, 2.24) is 4.98 Å². The van der Waals surface area contributed by atoms with E-state index >= 15 is 0 Å². The first-order valence-electron chi connectivity index (χ1n) is 6.53. The molecule has 1 aliphatic rings. The van der Waals surface area contributed by atoms with E-state index in [1.165, 1.54) is 0 Å². The lowest BCUT2D eigenvalue weighted by molar-refractivity contribution is 0.121. The SMILES string of the molecule is CCCNc1nc(N2CCC(OC)C2)c(Cl)cc1Cl. The number of hydrogen-bond donors (Lipinski definition) is 1. The molecule has 1 saturated heterocycles. The number of pyridine rings is 1. The van der Waals surface area contributed by atoms with Gasteiger partial charge in [-0.3, -0.25) is 0 Å². The first kappa shape index (κ1) is 14.7. The van der Waals surface area contributed by atoms with Gasteiger partial charge >= 0.3 is 0 Å². The van der Waals surface area contributed by atoms with E-state index in [-0.39, 0.29) is 6.10 Å². The Bertz CT molecular complexity index is 442. The predicted molar refractivity (Wildman–Crippen MR) is 80.7 cm³/mol. The summed E-state index contributed by atoms with van der Waals surface area (Å²) < 4.78 is 5.37. The number of nitrogens with one attached hydrogen (secondary N) is 1. The van der Waals surface area contributed by atoms with Gasteiger partial charge in [-0.2, -0.15) is 0 Å². The predicted octanol–water partition coefficient (Wildman–Crippen LogP) is 3.44. The lowest BCUT2D eigenvalue weighted by Crippen LogP contribution is -2.23. The molecular formula is C13H19Cl2N3O. The largest absolute Gasteiger partial charge is 0.380 e. The third-order valence-electron chi connectivity index (χ3n) is 3.23. The molecule has 19 heavy (non-hydrogen) atoms. The van der Waals surface area contributed by atoms with Crippen LogP contribution in [-0.2, 0) is 4.74 Å². The summed E-state index contributed by atoms with van der Waals surface area (Å²) in [5.41, 5.74) is 0. The van der Waals surface area contributed by atoms with Gasteiger partial charge in [0.15, 0.2) is 0 Å². The highest BCUT2D eigenvalue weighted by Gasteiger charge is 2.25. The molecule has 0 spiro atoms. The van der Waals surface area contributed by atoms with E-state index in [0.29, 0.717) is 15.9 Å². The van der Waals surface area contributed by atoms with Gasteiger partial charge in [0.1, 0.15) is 11.6 Å². The van der Waals surface area contributed by atoms with Crippen molar-refractivity contribution in [3.63, 3.8) is 0 Å². The first-order valence-corrected chi connectivity index (χ1v) is 7.29. The van der Waals surface area contributed by atoms with E-state index in [2.05, 4.69) is 22.1 Å². The molecule has 0 aromatic carbocycles. The van der Waals surface area contributed by atoms with Gasteiger partial charge in [-0.1, -0.05) is 30.1 Å². The Morgan fingerprint density at radius 3 is 2.89 bits per heavy atom. The normalized spacial score (nSPS) is 18.9. The van der Waals surface area contributed by atoms with Gasteiger partial charge in [0.25, 0.3) is 0 Å². The maximum atomic E-state index is 6.25. The van der Waals surface area contributed by atoms with Gasteiger partial charge < -0.3 is 15.0 Å². The molecule has 1 unspecified atom stereocenters. The van der Waals surface area contributed by atoms with Crippen LogP contribution >= 0.6 is 23.2 Å². The molecule has 4 nitrogen and oxygen atoms in total. The lowest BCUT2D eigenvalue weighted by Gasteiger charge is -2.20. The smallest absolute Gasteiger partial charge is 0.150 e. The average molecular weight is 304 g/mol. The molecule has 0 aliphatic carbocycles. The van der Waals surface area contributed by atoms with Crippen molar-refractivity contribution in [2.45, 2.75) is 25.9 Å². The van der Waals surface area contributed by atoms with Crippen LogP contribution in [0.2, 0.25) is 10.0 Å². The second-order valence-electron chi connectivity index (χ2n) is 4.64. The molecule has 0 amide bonds. The Kier molecular flexibility index (Phi) is 5.13. The summed E-state index contributed by atoms with van der Waals surface area (Å²) in [5.74, 6) is 1.48. The maximum absolute atomic E-state index is 6.25. The monoisotopic (exact) mass is 303 g/mol. The zero-order chi connectivity index (χ0) is 13.8. The molecule has 0 bridgehead atoms. The summed E-state index contributed by atoms with van der Waals surface area (Å²) >= 11 is 12.4. The van der Waals surface area contributed by atoms with E-state index < -0.39 is 0 Å². The fourth-order valence-electron chi connectivity index (χ4n) is 2.16. The summed E-state index contributed by atoms with van der Waals surface area (Å²) in [6.45, 7) is 4.66.